The largest absolute Gasteiger partial charge is 0.330 e. The Morgan fingerprint density at radius 1 is 1.38 bits per heavy atom. The van der Waals surface area contributed by atoms with Crippen molar-refractivity contribution >= 4 is 0 Å². The molecule has 0 saturated heterocycles. The molecule has 0 heterocycles. The Balaban J connectivity index is 1.59. The average Bonchev–Trinajstić information content (AvgIpc) is 2.47. The number of unbranched alkanes of at least 4 members (excludes halogenated alkanes) is 1. The molecule has 74 valence electrons. The van der Waals surface area contributed by atoms with Crippen molar-refractivity contribution in [1.29, 1.82) is 0 Å². The zero-order valence-electron chi connectivity index (χ0n) is 8.21. The average molecular weight is 180 g/mol. The fourth-order valence-electron chi connectivity index (χ4n) is 2.50. The van der Waals surface area contributed by atoms with Crippen LogP contribution in [0.5, 0.6) is 0 Å². The van der Waals surface area contributed by atoms with Crippen LogP contribution in [0, 0.1) is 11.8 Å². The number of fused-ring (bicyclic) bond motifs is 1. The van der Waals surface area contributed by atoms with Gasteiger partial charge in [-0.1, -0.05) is 12.2 Å². The zero-order chi connectivity index (χ0) is 9.10. The maximum atomic E-state index is 5.44. The number of nitrogens with one attached hydrogen (secondary N) is 1. The number of allylic oxidation sites excluding steroid dienone is 1. The molecule has 3 atom stereocenters. The van der Waals surface area contributed by atoms with Gasteiger partial charge in [-0.2, -0.15) is 0 Å². The van der Waals surface area contributed by atoms with Crippen molar-refractivity contribution in [2.45, 2.75) is 31.7 Å². The minimum absolute atomic E-state index is 0.779. The van der Waals surface area contributed by atoms with E-state index in [1.807, 2.05) is 0 Å². The number of hydrogen-bond acceptors (Lipinski definition) is 2. The molecular weight excluding hydrogens is 160 g/mol. The molecule has 2 heteroatoms. The second-order valence-corrected chi connectivity index (χ2v) is 4.29. The van der Waals surface area contributed by atoms with Crippen molar-refractivity contribution in [2.75, 3.05) is 13.1 Å². The third-order valence-corrected chi connectivity index (χ3v) is 3.40. The predicted octanol–water partition coefficient (Wildman–Crippen LogP) is 1.28. The van der Waals surface area contributed by atoms with Crippen LogP contribution >= 0.6 is 0 Å². The molecule has 2 nitrogen and oxygen atoms in total. The van der Waals surface area contributed by atoms with E-state index in [1.54, 1.807) is 0 Å². The molecule has 1 saturated carbocycles. The molecule has 1 fully saturated rings. The van der Waals surface area contributed by atoms with Crippen LogP contribution in [0.15, 0.2) is 12.2 Å². The third-order valence-electron chi connectivity index (χ3n) is 3.40. The van der Waals surface area contributed by atoms with E-state index in [0.29, 0.717) is 0 Å². The van der Waals surface area contributed by atoms with Gasteiger partial charge in [-0.3, -0.25) is 0 Å². The zero-order valence-corrected chi connectivity index (χ0v) is 8.21. The van der Waals surface area contributed by atoms with Crippen LogP contribution in [0.3, 0.4) is 0 Å². The van der Waals surface area contributed by atoms with E-state index < -0.39 is 0 Å². The molecule has 3 unspecified atom stereocenters. The molecule has 2 aliphatic carbocycles. The van der Waals surface area contributed by atoms with E-state index in [0.717, 1.165) is 37.4 Å². The Morgan fingerprint density at radius 3 is 3.08 bits per heavy atom. The standard InChI is InChI=1S/C11H20N2/c12-6-1-2-7-13-11-8-9-4-3-5-10(9)11/h3,5,9-11,13H,1-2,4,6-8,12H2. The fraction of sp³-hybridized carbons (Fsp3) is 0.818. The van der Waals surface area contributed by atoms with Crippen molar-refractivity contribution in [3.05, 3.63) is 12.2 Å². The summed E-state index contributed by atoms with van der Waals surface area (Å²) in [4.78, 5) is 0. The van der Waals surface area contributed by atoms with Crippen LogP contribution < -0.4 is 11.1 Å². The first-order valence-corrected chi connectivity index (χ1v) is 5.52. The van der Waals surface area contributed by atoms with Gasteiger partial charge in [0, 0.05) is 6.04 Å². The Hall–Kier alpha value is -0.340. The molecule has 0 aromatic carbocycles. The predicted molar refractivity (Wildman–Crippen MR) is 55.4 cm³/mol. The van der Waals surface area contributed by atoms with Crippen molar-refractivity contribution in [1.82, 2.24) is 5.32 Å². The second-order valence-electron chi connectivity index (χ2n) is 4.29. The molecule has 0 bridgehead atoms. The Labute approximate surface area is 80.6 Å². The van der Waals surface area contributed by atoms with Gasteiger partial charge in [-0.15, -0.1) is 0 Å². The van der Waals surface area contributed by atoms with Gasteiger partial charge in [0.1, 0.15) is 0 Å². The van der Waals surface area contributed by atoms with Crippen LogP contribution in [0.2, 0.25) is 0 Å². The van der Waals surface area contributed by atoms with E-state index in [1.165, 1.54) is 19.3 Å². The summed E-state index contributed by atoms with van der Waals surface area (Å²) in [7, 11) is 0. The summed E-state index contributed by atoms with van der Waals surface area (Å²) in [5.41, 5.74) is 5.44. The van der Waals surface area contributed by atoms with Gasteiger partial charge in [-0.05, 0) is 50.6 Å². The number of nitrogens with two attached hydrogens (primary N) is 1. The van der Waals surface area contributed by atoms with Crippen LogP contribution in [0.1, 0.15) is 25.7 Å². The molecule has 0 aromatic rings. The van der Waals surface area contributed by atoms with Crippen molar-refractivity contribution < 1.29 is 0 Å². The van der Waals surface area contributed by atoms with E-state index in [9.17, 15) is 0 Å². The van der Waals surface area contributed by atoms with Crippen LogP contribution in [0.25, 0.3) is 0 Å². The third kappa shape index (κ3) is 1.94. The normalized spacial score (nSPS) is 35.9. The molecule has 0 amide bonds. The topological polar surface area (TPSA) is 38.0 Å². The van der Waals surface area contributed by atoms with Crippen LogP contribution in [-0.4, -0.2) is 19.1 Å². The lowest BCUT2D eigenvalue weighted by molar-refractivity contribution is 0.163. The highest BCUT2D eigenvalue weighted by Gasteiger charge is 2.40. The van der Waals surface area contributed by atoms with E-state index in [4.69, 9.17) is 5.73 Å². The van der Waals surface area contributed by atoms with Gasteiger partial charge in [0.05, 0.1) is 0 Å². The van der Waals surface area contributed by atoms with E-state index in [2.05, 4.69) is 17.5 Å². The van der Waals surface area contributed by atoms with Gasteiger partial charge < -0.3 is 11.1 Å². The highest BCUT2D eigenvalue weighted by molar-refractivity contribution is 5.12. The first kappa shape index (κ1) is 9.22. The first-order valence-electron chi connectivity index (χ1n) is 5.52. The summed E-state index contributed by atoms with van der Waals surface area (Å²) in [5, 5.41) is 3.62. The number of hydrogen-bond donors (Lipinski definition) is 2. The van der Waals surface area contributed by atoms with Gasteiger partial charge in [0.2, 0.25) is 0 Å². The molecule has 0 spiro atoms. The van der Waals surface area contributed by atoms with Crippen molar-refractivity contribution in [2.24, 2.45) is 17.6 Å². The van der Waals surface area contributed by atoms with Gasteiger partial charge >= 0.3 is 0 Å². The smallest absolute Gasteiger partial charge is 0.0136 e. The first-order chi connectivity index (χ1) is 6.42. The Bertz CT molecular complexity index is 189. The number of rotatable bonds is 5. The van der Waals surface area contributed by atoms with E-state index in [-0.39, 0.29) is 0 Å². The SMILES string of the molecule is NCCCCNC1CC2CC=CC21. The van der Waals surface area contributed by atoms with Gasteiger partial charge in [-0.25, -0.2) is 0 Å². The lowest BCUT2D eigenvalue weighted by Gasteiger charge is -2.40. The molecule has 2 aliphatic rings. The van der Waals surface area contributed by atoms with Crippen molar-refractivity contribution in [3.63, 3.8) is 0 Å². The van der Waals surface area contributed by atoms with Gasteiger partial charge in [0.15, 0.2) is 0 Å². The lowest BCUT2D eigenvalue weighted by atomic mass is 9.71. The minimum atomic E-state index is 0.779. The molecule has 2 rings (SSSR count). The minimum Gasteiger partial charge on any atom is -0.330 e. The summed E-state index contributed by atoms with van der Waals surface area (Å²) < 4.78 is 0. The van der Waals surface area contributed by atoms with Crippen LogP contribution in [0.4, 0.5) is 0 Å². The Kier molecular flexibility index (Phi) is 3.01. The van der Waals surface area contributed by atoms with Crippen molar-refractivity contribution in [3.8, 4) is 0 Å². The molecular formula is C11H20N2. The van der Waals surface area contributed by atoms with Crippen LogP contribution in [-0.2, 0) is 0 Å². The highest BCUT2D eigenvalue weighted by Crippen LogP contribution is 2.42. The molecule has 3 N–H and O–H groups in total. The molecule has 0 aliphatic heterocycles. The highest BCUT2D eigenvalue weighted by atomic mass is 14.9. The summed E-state index contributed by atoms with van der Waals surface area (Å²) in [6, 6.07) is 0.779. The molecule has 0 aromatic heterocycles. The maximum Gasteiger partial charge on any atom is 0.0136 e. The summed E-state index contributed by atoms with van der Waals surface area (Å²) in [5.74, 6) is 1.84. The monoisotopic (exact) mass is 180 g/mol. The Morgan fingerprint density at radius 2 is 2.31 bits per heavy atom. The molecule has 13 heavy (non-hydrogen) atoms. The molecule has 0 radical (unpaired) electrons. The summed E-state index contributed by atoms with van der Waals surface area (Å²) in [6.07, 6.45) is 9.84. The maximum absolute atomic E-state index is 5.44. The summed E-state index contributed by atoms with van der Waals surface area (Å²) in [6.45, 7) is 1.98. The van der Waals surface area contributed by atoms with Gasteiger partial charge in [0.25, 0.3) is 0 Å². The van der Waals surface area contributed by atoms with E-state index >= 15 is 0 Å². The quantitative estimate of drug-likeness (QED) is 0.494. The summed E-state index contributed by atoms with van der Waals surface area (Å²) >= 11 is 0. The fourth-order valence-corrected chi connectivity index (χ4v) is 2.50. The second kappa shape index (κ2) is 4.25. The lowest BCUT2D eigenvalue weighted by Crippen LogP contribution is -2.48.